The lowest BCUT2D eigenvalue weighted by atomic mass is 9.51. The van der Waals surface area contributed by atoms with Crippen molar-refractivity contribution < 1.29 is 49.8 Å². The van der Waals surface area contributed by atoms with E-state index in [9.17, 15) is 40.3 Å². The first-order valence-corrected chi connectivity index (χ1v) is 14.0. The fourth-order valence-electron chi connectivity index (χ4n) is 8.27. The minimum atomic E-state index is -6.60. The number of Topliss-reactive ketones (excluding diaryl/α,β-unsaturated/α-hetero) is 1. The van der Waals surface area contributed by atoms with E-state index in [1.54, 1.807) is 20.3 Å². The zero-order valence-electron chi connectivity index (χ0n) is 23.6. The Morgan fingerprint density at radius 3 is 2.24 bits per heavy atom. The summed E-state index contributed by atoms with van der Waals surface area (Å²) in [6.45, 7) is 2.52. The quantitative estimate of drug-likeness (QED) is 0.238. The molecule has 230 valence electrons. The van der Waals surface area contributed by atoms with Crippen molar-refractivity contribution in [3.8, 4) is 0 Å². The number of carbonyl (C=O) groups is 2. The second kappa shape index (κ2) is 10.3. The van der Waals surface area contributed by atoms with E-state index in [0.717, 1.165) is 54.5 Å². The van der Waals surface area contributed by atoms with Gasteiger partial charge in [0.05, 0.1) is 12.2 Å². The maximum Gasteiger partial charge on any atom is 0.460 e. The summed E-state index contributed by atoms with van der Waals surface area (Å²) >= 11 is 0. The summed E-state index contributed by atoms with van der Waals surface area (Å²) in [6.07, 6.45) is -0.195. The molecule has 0 saturated heterocycles. The van der Waals surface area contributed by atoms with Crippen LogP contribution in [0.2, 0.25) is 0 Å². The van der Waals surface area contributed by atoms with E-state index in [2.05, 4.69) is 6.92 Å². The Hall–Kier alpha value is -2.53. The monoisotopic (exact) mass is 602 g/mol. The molecule has 0 radical (unpaired) electrons. The molecule has 5 atom stereocenters. The zero-order chi connectivity index (χ0) is 30.9. The third-order valence-electron chi connectivity index (χ3n) is 10.4. The molecule has 11 heteroatoms. The van der Waals surface area contributed by atoms with Gasteiger partial charge in [-0.1, -0.05) is 36.8 Å². The van der Waals surface area contributed by atoms with Crippen molar-refractivity contribution in [3.05, 3.63) is 58.2 Å². The highest BCUT2D eigenvalue weighted by molar-refractivity contribution is 6.02. The third-order valence-corrected chi connectivity index (χ3v) is 10.4. The summed E-state index contributed by atoms with van der Waals surface area (Å²) in [5, 5.41) is 0. The Labute approximate surface area is 239 Å². The molecule has 0 unspecified atom stereocenters. The highest BCUT2D eigenvalue weighted by atomic mass is 19.4. The van der Waals surface area contributed by atoms with Crippen molar-refractivity contribution in [1.82, 2.24) is 0 Å². The zero-order valence-corrected chi connectivity index (χ0v) is 23.6. The van der Waals surface area contributed by atoms with Crippen molar-refractivity contribution in [2.45, 2.75) is 81.4 Å². The lowest BCUT2D eigenvalue weighted by Crippen LogP contribution is -2.56. The van der Waals surface area contributed by atoms with Crippen LogP contribution in [0.25, 0.3) is 0 Å². The molecular formula is C31H33F7O4. The molecule has 0 N–H and O–H groups in total. The largest absolute Gasteiger partial charge is 0.460 e. The standard InChI is InChI=1S/C31H33F7O4/c1-27-15-23(17-4-6-18(7-5-17)26(40)29(32,33)30(34,35)31(36,37)38)25-21-11-9-20(39)14-19(21)8-10-22(25)24(27)12-13-28(27,42-3)16-41-2/h4-7,14,22-24H,8-13,15-16H2,1-3H3/t22-,23+,24-,27-,28+/m0/s1. The number of hydrogen-bond acceptors (Lipinski definition) is 4. The van der Waals surface area contributed by atoms with Crippen LogP contribution in [-0.4, -0.2) is 56.0 Å². The highest BCUT2D eigenvalue weighted by Gasteiger charge is 2.76. The Morgan fingerprint density at radius 1 is 0.976 bits per heavy atom. The van der Waals surface area contributed by atoms with Gasteiger partial charge in [0, 0.05) is 37.5 Å². The minimum absolute atomic E-state index is 0.0591. The molecule has 5 rings (SSSR count). The number of methoxy groups -OCH3 is 2. The predicted molar refractivity (Wildman–Crippen MR) is 139 cm³/mol. The maximum absolute atomic E-state index is 14.2. The Kier molecular flexibility index (Phi) is 7.57. The summed E-state index contributed by atoms with van der Waals surface area (Å²) in [5.74, 6) is -15.0. The molecule has 0 aromatic heterocycles. The second-order valence-electron chi connectivity index (χ2n) is 12.3. The molecule has 0 spiro atoms. The molecule has 2 saturated carbocycles. The van der Waals surface area contributed by atoms with E-state index < -0.39 is 35.0 Å². The first-order chi connectivity index (χ1) is 19.5. The van der Waals surface area contributed by atoms with Gasteiger partial charge in [-0.2, -0.15) is 30.7 Å². The van der Waals surface area contributed by atoms with Crippen LogP contribution in [0.5, 0.6) is 0 Å². The van der Waals surface area contributed by atoms with Crippen LogP contribution in [-0.2, 0) is 14.3 Å². The Morgan fingerprint density at radius 2 is 1.64 bits per heavy atom. The van der Waals surface area contributed by atoms with Crippen molar-refractivity contribution in [2.24, 2.45) is 17.3 Å². The van der Waals surface area contributed by atoms with Gasteiger partial charge in [-0.05, 0) is 73.1 Å². The van der Waals surface area contributed by atoms with Crippen LogP contribution < -0.4 is 0 Å². The van der Waals surface area contributed by atoms with Crippen LogP contribution in [0.1, 0.15) is 73.7 Å². The van der Waals surface area contributed by atoms with Gasteiger partial charge in [0.25, 0.3) is 0 Å². The molecule has 1 aromatic carbocycles. The first kappa shape index (κ1) is 30.9. The molecular weight excluding hydrogens is 569 g/mol. The van der Waals surface area contributed by atoms with Gasteiger partial charge in [0.15, 0.2) is 5.78 Å². The summed E-state index contributed by atoms with van der Waals surface area (Å²) in [7, 11) is 3.26. The van der Waals surface area contributed by atoms with Crippen molar-refractivity contribution >= 4 is 11.6 Å². The fraction of sp³-hybridized carbons (Fsp3) is 0.613. The lowest BCUT2D eigenvalue weighted by molar-refractivity contribution is -0.339. The molecule has 2 fully saturated rings. The van der Waals surface area contributed by atoms with Crippen LogP contribution in [0.15, 0.2) is 47.1 Å². The third kappa shape index (κ3) is 4.40. The van der Waals surface area contributed by atoms with Crippen LogP contribution in [0, 0.1) is 17.3 Å². The van der Waals surface area contributed by atoms with Gasteiger partial charge in [-0.3, -0.25) is 9.59 Å². The van der Waals surface area contributed by atoms with E-state index in [0.29, 0.717) is 31.4 Å². The number of alkyl halides is 7. The molecule has 4 nitrogen and oxygen atoms in total. The van der Waals surface area contributed by atoms with E-state index in [-0.39, 0.29) is 29.0 Å². The molecule has 0 bridgehead atoms. The van der Waals surface area contributed by atoms with Gasteiger partial charge >= 0.3 is 18.0 Å². The number of rotatable bonds is 7. The van der Waals surface area contributed by atoms with E-state index >= 15 is 0 Å². The molecule has 4 aliphatic rings. The maximum atomic E-state index is 14.2. The topological polar surface area (TPSA) is 52.6 Å². The number of ketones is 2. The lowest BCUT2D eigenvalue weighted by Gasteiger charge is -2.55. The number of fused-ring (bicyclic) bond motifs is 4. The van der Waals surface area contributed by atoms with Crippen LogP contribution >= 0.6 is 0 Å². The Bertz CT molecular complexity index is 1330. The molecule has 1 aromatic rings. The van der Waals surface area contributed by atoms with E-state index in [4.69, 9.17) is 9.47 Å². The molecule has 42 heavy (non-hydrogen) atoms. The van der Waals surface area contributed by atoms with Crippen molar-refractivity contribution in [2.75, 3.05) is 20.8 Å². The number of benzene rings is 1. The average molecular weight is 603 g/mol. The molecule has 0 aliphatic heterocycles. The summed E-state index contributed by atoms with van der Waals surface area (Å²) < 4.78 is 105. The average Bonchev–Trinajstić information content (AvgIpc) is 3.23. The van der Waals surface area contributed by atoms with Gasteiger partial charge < -0.3 is 9.47 Å². The van der Waals surface area contributed by atoms with E-state index in [1.165, 1.54) is 12.1 Å². The summed E-state index contributed by atoms with van der Waals surface area (Å²) in [6, 6.07) is 4.51. The highest BCUT2D eigenvalue weighted by Crippen LogP contribution is 2.67. The summed E-state index contributed by atoms with van der Waals surface area (Å²) in [5.41, 5.74) is 1.95. The number of ether oxygens (including phenoxy) is 2. The van der Waals surface area contributed by atoms with E-state index in [1.807, 2.05) is 0 Å². The SMILES string of the molecule is COC[C@]1(OC)CC[C@H]2[C@@H]3CCC4=CC(=O)CCC4=C3[C@@H](c3ccc(C(=O)C(F)(F)C(F)(F)C(F)(F)F)cc3)C[C@@]21C. The van der Waals surface area contributed by atoms with Crippen molar-refractivity contribution in [1.29, 1.82) is 0 Å². The van der Waals surface area contributed by atoms with Gasteiger partial charge in [0.2, 0.25) is 5.78 Å². The summed E-state index contributed by atoms with van der Waals surface area (Å²) in [4.78, 5) is 24.5. The van der Waals surface area contributed by atoms with Crippen LogP contribution in [0.4, 0.5) is 30.7 Å². The van der Waals surface area contributed by atoms with Crippen molar-refractivity contribution in [3.63, 3.8) is 0 Å². The van der Waals surface area contributed by atoms with Gasteiger partial charge in [-0.15, -0.1) is 0 Å². The predicted octanol–water partition coefficient (Wildman–Crippen LogP) is 7.63. The first-order valence-electron chi connectivity index (χ1n) is 14.0. The fourth-order valence-corrected chi connectivity index (χ4v) is 8.27. The second-order valence-corrected chi connectivity index (χ2v) is 12.3. The molecule has 0 heterocycles. The number of allylic oxidation sites excluding steroid dienone is 4. The van der Waals surface area contributed by atoms with Gasteiger partial charge in [0.1, 0.15) is 0 Å². The normalized spacial score (nSPS) is 31.8. The smallest absolute Gasteiger partial charge is 0.382 e. The minimum Gasteiger partial charge on any atom is -0.382 e. The van der Waals surface area contributed by atoms with Gasteiger partial charge in [-0.25, -0.2) is 0 Å². The Balaban J connectivity index is 1.58. The number of carbonyl (C=O) groups excluding carboxylic acids is 2. The number of halogens is 7. The molecule has 0 amide bonds. The number of hydrogen-bond donors (Lipinski definition) is 0. The van der Waals surface area contributed by atoms with Crippen LogP contribution in [0.3, 0.4) is 0 Å². The molecule has 4 aliphatic carbocycles.